The average Bonchev–Trinajstić information content (AvgIpc) is 2.34. The highest BCUT2D eigenvalue weighted by Gasteiger charge is 2.21. The molecule has 1 amide bonds. The van der Waals surface area contributed by atoms with E-state index in [0.29, 0.717) is 5.92 Å². The Morgan fingerprint density at radius 1 is 1.45 bits per heavy atom. The van der Waals surface area contributed by atoms with E-state index in [1.807, 2.05) is 13.8 Å². The normalized spacial score (nSPS) is 12.2. The molecular formula is C13H16Cl2N2O3. The van der Waals surface area contributed by atoms with Crippen LogP contribution in [0.5, 0.6) is 0 Å². The van der Waals surface area contributed by atoms with Crippen molar-refractivity contribution in [2.75, 3.05) is 6.54 Å². The van der Waals surface area contributed by atoms with Crippen LogP contribution in [0.15, 0.2) is 18.2 Å². The molecule has 0 bridgehead atoms. The number of hydrogen-bond acceptors (Lipinski definition) is 3. The van der Waals surface area contributed by atoms with Crippen molar-refractivity contribution in [1.29, 1.82) is 0 Å². The number of carbonyl (C=O) groups excluding carboxylic acids is 1. The lowest BCUT2D eigenvalue weighted by Gasteiger charge is -2.13. The van der Waals surface area contributed by atoms with Gasteiger partial charge in [-0.1, -0.05) is 25.4 Å². The first-order chi connectivity index (χ1) is 9.31. The molecule has 0 aliphatic heterocycles. The summed E-state index contributed by atoms with van der Waals surface area (Å²) >= 11 is 11.8. The van der Waals surface area contributed by atoms with Gasteiger partial charge >= 0.3 is 0 Å². The van der Waals surface area contributed by atoms with E-state index in [-0.39, 0.29) is 28.2 Å². The fourth-order valence-electron chi connectivity index (χ4n) is 1.74. The van der Waals surface area contributed by atoms with Gasteiger partial charge in [-0.2, -0.15) is 0 Å². The van der Waals surface area contributed by atoms with E-state index in [0.717, 1.165) is 6.42 Å². The summed E-state index contributed by atoms with van der Waals surface area (Å²) in [5.74, 6) is -0.136. The summed E-state index contributed by atoms with van der Waals surface area (Å²) in [5.41, 5.74) is -0.335. The lowest BCUT2D eigenvalue weighted by molar-refractivity contribution is -0.385. The maximum atomic E-state index is 12.0. The number of nitrogens with zero attached hydrogens (tertiary/aromatic N) is 1. The van der Waals surface area contributed by atoms with E-state index in [9.17, 15) is 14.9 Å². The molecule has 0 heterocycles. The Morgan fingerprint density at radius 2 is 2.10 bits per heavy atom. The van der Waals surface area contributed by atoms with Crippen molar-refractivity contribution in [2.24, 2.45) is 5.92 Å². The molecule has 0 saturated carbocycles. The number of nitrogens with one attached hydrogen (secondary N) is 1. The summed E-state index contributed by atoms with van der Waals surface area (Å²) in [5, 5.41) is 13.5. The van der Waals surface area contributed by atoms with Gasteiger partial charge in [0.15, 0.2) is 0 Å². The van der Waals surface area contributed by atoms with Crippen LogP contribution >= 0.6 is 23.2 Å². The van der Waals surface area contributed by atoms with Crippen LogP contribution in [-0.4, -0.2) is 22.8 Å². The fraction of sp³-hybridized carbons (Fsp3) is 0.462. The van der Waals surface area contributed by atoms with E-state index >= 15 is 0 Å². The molecule has 1 unspecified atom stereocenters. The summed E-state index contributed by atoms with van der Waals surface area (Å²) in [4.78, 5) is 22.2. The Labute approximate surface area is 127 Å². The van der Waals surface area contributed by atoms with Gasteiger partial charge in [0.25, 0.3) is 11.6 Å². The van der Waals surface area contributed by atoms with E-state index in [2.05, 4.69) is 5.32 Å². The number of amides is 1. The van der Waals surface area contributed by atoms with Crippen molar-refractivity contribution < 1.29 is 9.72 Å². The molecule has 0 aliphatic rings. The molecule has 1 atom stereocenters. The van der Waals surface area contributed by atoms with Crippen molar-refractivity contribution in [1.82, 2.24) is 5.32 Å². The molecule has 0 radical (unpaired) electrons. The zero-order chi connectivity index (χ0) is 15.3. The van der Waals surface area contributed by atoms with Gasteiger partial charge in [-0.05, 0) is 24.5 Å². The number of nitro groups is 1. The van der Waals surface area contributed by atoms with Crippen LogP contribution in [0.2, 0.25) is 5.02 Å². The molecule has 7 heteroatoms. The van der Waals surface area contributed by atoms with Gasteiger partial charge in [-0.15, -0.1) is 11.6 Å². The van der Waals surface area contributed by atoms with Crippen molar-refractivity contribution >= 4 is 34.8 Å². The molecule has 110 valence electrons. The van der Waals surface area contributed by atoms with Gasteiger partial charge < -0.3 is 5.32 Å². The quantitative estimate of drug-likeness (QED) is 0.494. The summed E-state index contributed by atoms with van der Waals surface area (Å²) in [6.07, 6.45) is 0.749. The largest absolute Gasteiger partial charge is 0.350 e. The molecule has 0 spiro atoms. The monoisotopic (exact) mass is 318 g/mol. The number of halogens is 2. The predicted octanol–water partition coefficient (Wildman–Crippen LogP) is 3.63. The SMILES string of the molecule is CC(C)CC(Cl)CNC(=O)c1cc(Cl)ccc1[N+](=O)[O-]. The zero-order valence-electron chi connectivity index (χ0n) is 11.2. The maximum Gasteiger partial charge on any atom is 0.282 e. The molecule has 5 nitrogen and oxygen atoms in total. The van der Waals surface area contributed by atoms with Crippen molar-refractivity contribution in [3.05, 3.63) is 38.9 Å². The Morgan fingerprint density at radius 3 is 2.65 bits per heavy atom. The van der Waals surface area contributed by atoms with Gasteiger partial charge in [0.1, 0.15) is 5.56 Å². The van der Waals surface area contributed by atoms with Crippen molar-refractivity contribution in [2.45, 2.75) is 25.6 Å². The Bertz CT molecular complexity index is 506. The topological polar surface area (TPSA) is 72.2 Å². The van der Waals surface area contributed by atoms with Crippen LogP contribution in [0.25, 0.3) is 0 Å². The predicted molar refractivity (Wildman–Crippen MR) is 79.5 cm³/mol. The third kappa shape index (κ3) is 4.98. The van der Waals surface area contributed by atoms with E-state index < -0.39 is 10.8 Å². The number of hydrogen-bond donors (Lipinski definition) is 1. The second-order valence-corrected chi connectivity index (χ2v) is 5.91. The molecule has 1 aromatic carbocycles. The first kappa shape index (κ1) is 16.7. The first-order valence-corrected chi connectivity index (χ1v) is 6.99. The van der Waals surface area contributed by atoms with Crippen LogP contribution in [0.4, 0.5) is 5.69 Å². The number of rotatable bonds is 6. The second-order valence-electron chi connectivity index (χ2n) is 4.86. The van der Waals surface area contributed by atoms with Gasteiger partial charge in [0.05, 0.1) is 10.3 Å². The maximum absolute atomic E-state index is 12.0. The molecule has 1 N–H and O–H groups in total. The van der Waals surface area contributed by atoms with Crippen molar-refractivity contribution in [3.8, 4) is 0 Å². The van der Waals surface area contributed by atoms with E-state index in [4.69, 9.17) is 23.2 Å². The fourth-order valence-corrected chi connectivity index (χ4v) is 2.35. The second kappa shape index (κ2) is 7.45. The number of alkyl halides is 1. The van der Waals surface area contributed by atoms with Gasteiger partial charge in [0.2, 0.25) is 0 Å². The minimum Gasteiger partial charge on any atom is -0.350 e. The summed E-state index contributed by atoms with van der Waals surface area (Å²) in [6, 6.07) is 3.86. The van der Waals surface area contributed by atoms with Crippen LogP contribution in [0.1, 0.15) is 30.6 Å². The molecule has 20 heavy (non-hydrogen) atoms. The molecule has 1 aromatic rings. The number of benzene rings is 1. The Balaban J connectivity index is 2.77. The highest BCUT2D eigenvalue weighted by atomic mass is 35.5. The Hall–Kier alpha value is -1.33. The van der Waals surface area contributed by atoms with Crippen LogP contribution in [0, 0.1) is 16.0 Å². The standard InChI is InChI=1S/C13H16Cl2N2O3/c1-8(2)5-10(15)7-16-13(18)11-6-9(14)3-4-12(11)17(19)20/h3-4,6,8,10H,5,7H2,1-2H3,(H,16,18). The van der Waals surface area contributed by atoms with Crippen LogP contribution < -0.4 is 5.32 Å². The smallest absolute Gasteiger partial charge is 0.282 e. The third-order valence-corrected chi connectivity index (χ3v) is 3.18. The third-order valence-electron chi connectivity index (χ3n) is 2.61. The molecule has 0 aromatic heterocycles. The molecule has 0 fully saturated rings. The lowest BCUT2D eigenvalue weighted by Crippen LogP contribution is -2.30. The minimum atomic E-state index is -0.614. The highest BCUT2D eigenvalue weighted by Crippen LogP contribution is 2.22. The van der Waals surface area contributed by atoms with Crippen LogP contribution in [0.3, 0.4) is 0 Å². The summed E-state index contributed by atoms with van der Waals surface area (Å²) in [7, 11) is 0. The summed E-state index contributed by atoms with van der Waals surface area (Å²) < 4.78 is 0. The highest BCUT2D eigenvalue weighted by molar-refractivity contribution is 6.31. The van der Waals surface area contributed by atoms with E-state index in [1.54, 1.807) is 0 Å². The minimum absolute atomic E-state index is 0.0593. The zero-order valence-corrected chi connectivity index (χ0v) is 12.7. The lowest BCUT2D eigenvalue weighted by atomic mass is 10.1. The summed E-state index contributed by atoms with van der Waals surface area (Å²) in [6.45, 7) is 4.31. The number of carbonyl (C=O) groups is 1. The van der Waals surface area contributed by atoms with Gasteiger partial charge in [-0.3, -0.25) is 14.9 Å². The van der Waals surface area contributed by atoms with Gasteiger partial charge in [-0.25, -0.2) is 0 Å². The average molecular weight is 319 g/mol. The first-order valence-electron chi connectivity index (χ1n) is 6.17. The molecule has 0 saturated heterocycles. The molecule has 1 rings (SSSR count). The molecule has 0 aliphatic carbocycles. The van der Waals surface area contributed by atoms with Crippen molar-refractivity contribution in [3.63, 3.8) is 0 Å². The molecular weight excluding hydrogens is 303 g/mol. The van der Waals surface area contributed by atoms with Crippen LogP contribution in [-0.2, 0) is 0 Å². The van der Waals surface area contributed by atoms with Gasteiger partial charge in [0, 0.05) is 17.6 Å². The Kier molecular flexibility index (Phi) is 6.23. The van der Waals surface area contributed by atoms with E-state index in [1.165, 1.54) is 18.2 Å². The number of nitro benzene ring substituents is 1.